The van der Waals surface area contributed by atoms with E-state index in [2.05, 4.69) is 15.6 Å². The maximum absolute atomic E-state index is 13.0. The van der Waals surface area contributed by atoms with Gasteiger partial charge in [0, 0.05) is 29.2 Å². The standard InChI is InChI=1S/C31H24ClN3O4/c1-39-31(38)28(16-19-9-10-20-5-2-3-6-21(20)15-19)35-30(37)25-12-11-22(17-26(25)32)29(36)34-18-23-7-4-8-27-24(23)13-14-33-27/h2-17,33H,18H2,1H3,(H,34,36)(H,35,37). The fourth-order valence-corrected chi connectivity index (χ4v) is 4.60. The van der Waals surface area contributed by atoms with E-state index in [1.807, 2.05) is 72.9 Å². The minimum absolute atomic E-state index is 0.0467. The van der Waals surface area contributed by atoms with Crippen molar-refractivity contribution in [3.05, 3.63) is 124 Å². The first kappa shape index (κ1) is 25.8. The molecule has 8 heteroatoms. The van der Waals surface area contributed by atoms with Crippen LogP contribution in [0, 0.1) is 0 Å². The average Bonchev–Trinajstić information content (AvgIpc) is 3.44. The molecule has 0 aliphatic carbocycles. The Hall–Kier alpha value is -4.88. The lowest BCUT2D eigenvalue weighted by atomic mass is 10.1. The highest BCUT2D eigenvalue weighted by Gasteiger charge is 2.19. The monoisotopic (exact) mass is 537 g/mol. The summed E-state index contributed by atoms with van der Waals surface area (Å²) in [5, 5.41) is 8.62. The number of halogens is 1. The molecule has 4 aromatic carbocycles. The first-order chi connectivity index (χ1) is 18.9. The summed E-state index contributed by atoms with van der Waals surface area (Å²) in [5.74, 6) is -1.65. The Morgan fingerprint density at radius 2 is 1.72 bits per heavy atom. The number of aromatic amines is 1. The maximum Gasteiger partial charge on any atom is 0.354 e. The molecule has 0 spiro atoms. The van der Waals surface area contributed by atoms with Gasteiger partial charge in [-0.3, -0.25) is 9.59 Å². The van der Waals surface area contributed by atoms with Crippen LogP contribution in [0.4, 0.5) is 0 Å². The van der Waals surface area contributed by atoms with Gasteiger partial charge in [0.2, 0.25) is 0 Å². The maximum atomic E-state index is 13.0. The predicted molar refractivity (Wildman–Crippen MR) is 152 cm³/mol. The Labute approximate surface area is 229 Å². The fraction of sp³-hybridized carbons (Fsp3) is 0.0645. The molecule has 0 aliphatic rings. The summed E-state index contributed by atoms with van der Waals surface area (Å²) in [6.07, 6.45) is 3.39. The lowest BCUT2D eigenvalue weighted by molar-refractivity contribution is -0.136. The van der Waals surface area contributed by atoms with E-state index in [4.69, 9.17) is 16.3 Å². The number of amides is 2. The molecular formula is C31H24ClN3O4. The quantitative estimate of drug-likeness (QED) is 0.179. The number of fused-ring (bicyclic) bond motifs is 2. The zero-order valence-electron chi connectivity index (χ0n) is 21.0. The van der Waals surface area contributed by atoms with Crippen molar-refractivity contribution in [3.8, 4) is 0 Å². The molecule has 0 radical (unpaired) electrons. The van der Waals surface area contributed by atoms with Crippen LogP contribution >= 0.6 is 11.6 Å². The van der Waals surface area contributed by atoms with Gasteiger partial charge in [0.15, 0.2) is 0 Å². The Morgan fingerprint density at radius 3 is 2.51 bits per heavy atom. The molecule has 1 heterocycles. The Balaban J connectivity index is 1.31. The third-order valence-corrected chi connectivity index (χ3v) is 6.65. The number of rotatable bonds is 7. The minimum Gasteiger partial charge on any atom is -0.464 e. The molecule has 1 aromatic heterocycles. The summed E-state index contributed by atoms with van der Waals surface area (Å²) in [5.41, 5.74) is 3.03. The number of ether oxygens (including phenoxy) is 1. The SMILES string of the molecule is COC(=O)C(=Cc1ccc2ccccc2c1)NC(=O)c1ccc(C(=O)NCc2cccc3[nH]ccc23)cc1Cl. The number of nitrogens with one attached hydrogen (secondary N) is 3. The van der Waals surface area contributed by atoms with Gasteiger partial charge in [0.1, 0.15) is 5.70 Å². The summed E-state index contributed by atoms with van der Waals surface area (Å²) in [6.45, 7) is 0.329. The normalized spacial score (nSPS) is 11.4. The van der Waals surface area contributed by atoms with Gasteiger partial charge in [-0.15, -0.1) is 0 Å². The predicted octanol–water partition coefficient (Wildman–Crippen LogP) is 5.85. The second-order valence-electron chi connectivity index (χ2n) is 8.84. The van der Waals surface area contributed by atoms with Crippen LogP contribution in [0.2, 0.25) is 5.02 Å². The van der Waals surface area contributed by atoms with Crippen molar-refractivity contribution in [1.82, 2.24) is 15.6 Å². The van der Waals surface area contributed by atoms with Gasteiger partial charge in [-0.05, 0) is 64.4 Å². The number of carbonyl (C=O) groups excluding carboxylic acids is 3. The molecule has 7 nitrogen and oxygen atoms in total. The molecule has 0 fully saturated rings. The van der Waals surface area contributed by atoms with E-state index in [-0.39, 0.29) is 22.2 Å². The zero-order chi connectivity index (χ0) is 27.4. The minimum atomic E-state index is -0.707. The number of benzene rings is 4. The first-order valence-corrected chi connectivity index (χ1v) is 12.5. The van der Waals surface area contributed by atoms with Crippen molar-refractivity contribution < 1.29 is 19.1 Å². The van der Waals surface area contributed by atoms with E-state index < -0.39 is 11.9 Å². The number of aromatic nitrogens is 1. The van der Waals surface area contributed by atoms with Crippen molar-refractivity contribution in [2.24, 2.45) is 0 Å². The molecule has 5 aromatic rings. The topological polar surface area (TPSA) is 100 Å². The van der Waals surface area contributed by atoms with Gasteiger partial charge in [-0.1, -0.05) is 60.1 Å². The fourth-order valence-electron chi connectivity index (χ4n) is 4.33. The largest absolute Gasteiger partial charge is 0.464 e. The van der Waals surface area contributed by atoms with E-state index in [1.165, 1.54) is 31.4 Å². The number of H-pyrrole nitrogens is 1. The number of carbonyl (C=O) groups is 3. The third kappa shape index (κ3) is 5.68. The van der Waals surface area contributed by atoms with Crippen molar-refractivity contribution in [1.29, 1.82) is 0 Å². The molecule has 0 unspecified atom stereocenters. The van der Waals surface area contributed by atoms with Gasteiger partial charge >= 0.3 is 5.97 Å². The molecule has 3 N–H and O–H groups in total. The van der Waals surface area contributed by atoms with Crippen LogP contribution in [-0.2, 0) is 16.1 Å². The second-order valence-corrected chi connectivity index (χ2v) is 9.25. The van der Waals surface area contributed by atoms with Crippen LogP contribution in [0.25, 0.3) is 27.8 Å². The molecular weight excluding hydrogens is 514 g/mol. The van der Waals surface area contributed by atoms with Gasteiger partial charge in [-0.2, -0.15) is 0 Å². The lowest BCUT2D eigenvalue weighted by Gasteiger charge is -2.11. The number of hydrogen-bond donors (Lipinski definition) is 3. The molecule has 0 saturated carbocycles. The van der Waals surface area contributed by atoms with Crippen LogP contribution in [-0.4, -0.2) is 29.9 Å². The summed E-state index contributed by atoms with van der Waals surface area (Å²) in [4.78, 5) is 41.4. The summed E-state index contributed by atoms with van der Waals surface area (Å²) < 4.78 is 4.86. The van der Waals surface area contributed by atoms with E-state index in [0.29, 0.717) is 17.7 Å². The molecule has 2 amide bonds. The summed E-state index contributed by atoms with van der Waals surface area (Å²) in [6, 6.07) is 25.7. The number of esters is 1. The van der Waals surface area contributed by atoms with Crippen LogP contribution in [0.5, 0.6) is 0 Å². The van der Waals surface area contributed by atoms with Gasteiger partial charge in [-0.25, -0.2) is 4.79 Å². The third-order valence-electron chi connectivity index (χ3n) is 6.34. The highest BCUT2D eigenvalue weighted by molar-refractivity contribution is 6.34. The molecule has 0 atom stereocenters. The van der Waals surface area contributed by atoms with Crippen molar-refractivity contribution in [2.45, 2.75) is 6.54 Å². The Kier molecular flexibility index (Phi) is 7.43. The van der Waals surface area contributed by atoms with Crippen molar-refractivity contribution in [2.75, 3.05) is 7.11 Å². The molecule has 0 saturated heterocycles. The summed E-state index contributed by atoms with van der Waals surface area (Å²) >= 11 is 6.39. The van der Waals surface area contributed by atoms with E-state index in [0.717, 1.165) is 27.2 Å². The number of methoxy groups -OCH3 is 1. The van der Waals surface area contributed by atoms with Gasteiger partial charge in [0.25, 0.3) is 11.8 Å². The number of hydrogen-bond acceptors (Lipinski definition) is 4. The van der Waals surface area contributed by atoms with E-state index >= 15 is 0 Å². The van der Waals surface area contributed by atoms with Gasteiger partial charge < -0.3 is 20.4 Å². The highest BCUT2D eigenvalue weighted by atomic mass is 35.5. The Morgan fingerprint density at radius 1 is 0.897 bits per heavy atom. The lowest BCUT2D eigenvalue weighted by Crippen LogP contribution is -2.28. The van der Waals surface area contributed by atoms with Crippen molar-refractivity contribution >= 4 is 57.1 Å². The zero-order valence-corrected chi connectivity index (χ0v) is 21.7. The van der Waals surface area contributed by atoms with Crippen LogP contribution in [0.1, 0.15) is 31.8 Å². The van der Waals surface area contributed by atoms with Gasteiger partial charge in [0.05, 0.1) is 17.7 Å². The molecule has 5 rings (SSSR count). The molecule has 0 bridgehead atoms. The van der Waals surface area contributed by atoms with E-state index in [1.54, 1.807) is 0 Å². The van der Waals surface area contributed by atoms with E-state index in [9.17, 15) is 14.4 Å². The second kappa shape index (κ2) is 11.2. The Bertz CT molecular complexity index is 1760. The molecule has 0 aliphatic heterocycles. The van der Waals surface area contributed by atoms with Crippen molar-refractivity contribution in [3.63, 3.8) is 0 Å². The molecule has 194 valence electrons. The smallest absolute Gasteiger partial charge is 0.354 e. The van der Waals surface area contributed by atoms with Crippen LogP contribution < -0.4 is 10.6 Å². The average molecular weight is 538 g/mol. The summed E-state index contributed by atoms with van der Waals surface area (Å²) in [7, 11) is 1.24. The molecule has 39 heavy (non-hydrogen) atoms. The van der Waals surface area contributed by atoms with Crippen LogP contribution in [0.15, 0.2) is 96.8 Å². The first-order valence-electron chi connectivity index (χ1n) is 12.2. The highest BCUT2D eigenvalue weighted by Crippen LogP contribution is 2.21. The van der Waals surface area contributed by atoms with Crippen LogP contribution in [0.3, 0.4) is 0 Å².